The molecular formula is C12H20N2O5. The predicted molar refractivity (Wildman–Crippen MR) is 66.5 cm³/mol. The number of amides is 2. The van der Waals surface area contributed by atoms with E-state index in [0.29, 0.717) is 26.1 Å². The van der Waals surface area contributed by atoms with Crippen LogP contribution in [0.25, 0.3) is 0 Å². The molecule has 0 saturated carbocycles. The Bertz CT molecular complexity index is 358. The van der Waals surface area contributed by atoms with Crippen molar-refractivity contribution in [3.05, 3.63) is 0 Å². The first-order valence-electron chi connectivity index (χ1n) is 6.30. The Kier molecular flexibility index (Phi) is 5.75. The topological polar surface area (TPSA) is 87.2 Å². The van der Waals surface area contributed by atoms with E-state index < -0.39 is 5.97 Å². The number of rotatable bonds is 5. The number of carbonyl (C=O) groups excluding carboxylic acids is 2. The second-order valence-electron chi connectivity index (χ2n) is 4.48. The maximum Gasteiger partial charge on any atom is 0.323 e. The molecule has 1 rings (SSSR count). The number of ether oxygens (including phenoxy) is 1. The Morgan fingerprint density at radius 3 is 2.63 bits per heavy atom. The fourth-order valence-corrected chi connectivity index (χ4v) is 1.99. The Morgan fingerprint density at radius 1 is 1.42 bits per heavy atom. The monoisotopic (exact) mass is 272 g/mol. The van der Waals surface area contributed by atoms with E-state index in [1.807, 2.05) is 0 Å². The van der Waals surface area contributed by atoms with Gasteiger partial charge in [0.25, 0.3) is 0 Å². The lowest BCUT2D eigenvalue weighted by Crippen LogP contribution is -2.50. The van der Waals surface area contributed by atoms with Crippen molar-refractivity contribution in [2.24, 2.45) is 0 Å². The second kappa shape index (κ2) is 7.08. The highest BCUT2D eigenvalue weighted by Gasteiger charge is 2.26. The number of carbonyl (C=O) groups is 3. The van der Waals surface area contributed by atoms with Crippen LogP contribution in [-0.2, 0) is 19.1 Å². The number of aliphatic carboxylic acids is 1. The summed E-state index contributed by atoms with van der Waals surface area (Å²) in [6.07, 6.45) is 0.102. The quantitative estimate of drug-likeness (QED) is 0.733. The van der Waals surface area contributed by atoms with E-state index in [1.54, 1.807) is 11.8 Å². The standard InChI is InChI=1S/C12H20N2O5/c1-3-11(16)13-4-5-19-10(6-13)7-14(9(2)15)8-12(17)18/h10H,3-8H2,1-2H3,(H,17,18). The van der Waals surface area contributed by atoms with Gasteiger partial charge in [0.15, 0.2) is 0 Å². The van der Waals surface area contributed by atoms with Crippen molar-refractivity contribution in [3.8, 4) is 0 Å². The first-order chi connectivity index (χ1) is 8.93. The highest BCUT2D eigenvalue weighted by Crippen LogP contribution is 2.09. The van der Waals surface area contributed by atoms with E-state index in [4.69, 9.17) is 9.84 Å². The van der Waals surface area contributed by atoms with Gasteiger partial charge in [0, 0.05) is 33.0 Å². The van der Waals surface area contributed by atoms with Gasteiger partial charge in [0.05, 0.1) is 12.7 Å². The number of carboxylic acid groups (broad SMARTS) is 1. The lowest BCUT2D eigenvalue weighted by molar-refractivity contribution is -0.148. The molecule has 2 amide bonds. The molecule has 7 heteroatoms. The zero-order chi connectivity index (χ0) is 14.4. The zero-order valence-corrected chi connectivity index (χ0v) is 11.3. The molecule has 1 atom stereocenters. The van der Waals surface area contributed by atoms with Gasteiger partial charge in [-0.15, -0.1) is 0 Å². The van der Waals surface area contributed by atoms with Crippen molar-refractivity contribution in [1.29, 1.82) is 0 Å². The van der Waals surface area contributed by atoms with Crippen LogP contribution in [0.4, 0.5) is 0 Å². The number of carboxylic acids is 1. The molecule has 1 aliphatic heterocycles. The maximum atomic E-state index is 11.6. The van der Waals surface area contributed by atoms with E-state index >= 15 is 0 Å². The number of hydrogen-bond donors (Lipinski definition) is 1. The van der Waals surface area contributed by atoms with Gasteiger partial charge in [-0.3, -0.25) is 14.4 Å². The molecule has 0 aromatic heterocycles. The van der Waals surface area contributed by atoms with Crippen molar-refractivity contribution in [1.82, 2.24) is 9.80 Å². The number of hydrogen-bond acceptors (Lipinski definition) is 4. The summed E-state index contributed by atoms with van der Waals surface area (Å²) in [6.45, 7) is 4.30. The Labute approximate surface area is 112 Å². The Hall–Kier alpha value is -1.63. The average molecular weight is 272 g/mol. The van der Waals surface area contributed by atoms with Crippen LogP contribution >= 0.6 is 0 Å². The van der Waals surface area contributed by atoms with Gasteiger partial charge in [-0.25, -0.2) is 0 Å². The molecule has 7 nitrogen and oxygen atoms in total. The molecule has 0 bridgehead atoms. The van der Waals surface area contributed by atoms with Gasteiger partial charge in [-0.2, -0.15) is 0 Å². The normalized spacial score (nSPS) is 19.1. The third-order valence-electron chi connectivity index (χ3n) is 2.99. The van der Waals surface area contributed by atoms with Gasteiger partial charge in [0.2, 0.25) is 11.8 Å². The van der Waals surface area contributed by atoms with Crippen LogP contribution in [0, 0.1) is 0 Å². The molecule has 1 fully saturated rings. The summed E-state index contributed by atoms with van der Waals surface area (Å²) in [5.41, 5.74) is 0. The molecule has 1 saturated heterocycles. The third-order valence-corrected chi connectivity index (χ3v) is 2.99. The minimum absolute atomic E-state index is 0.0425. The van der Waals surface area contributed by atoms with Crippen molar-refractivity contribution < 1.29 is 24.2 Å². The van der Waals surface area contributed by atoms with E-state index in [-0.39, 0.29) is 31.0 Å². The van der Waals surface area contributed by atoms with Crippen LogP contribution in [0.5, 0.6) is 0 Å². The maximum absolute atomic E-state index is 11.6. The second-order valence-corrected chi connectivity index (χ2v) is 4.48. The summed E-state index contributed by atoms with van der Waals surface area (Å²) >= 11 is 0. The van der Waals surface area contributed by atoms with Crippen LogP contribution in [-0.4, -0.2) is 71.6 Å². The molecule has 1 unspecified atom stereocenters. The largest absolute Gasteiger partial charge is 0.480 e. The Morgan fingerprint density at radius 2 is 2.11 bits per heavy atom. The number of morpholine rings is 1. The molecule has 0 radical (unpaired) electrons. The summed E-state index contributed by atoms with van der Waals surface area (Å²) in [6, 6.07) is 0. The molecule has 19 heavy (non-hydrogen) atoms. The van der Waals surface area contributed by atoms with E-state index in [9.17, 15) is 14.4 Å². The summed E-state index contributed by atoms with van der Waals surface area (Å²) < 4.78 is 5.48. The zero-order valence-electron chi connectivity index (χ0n) is 11.3. The lowest BCUT2D eigenvalue weighted by Gasteiger charge is -2.35. The van der Waals surface area contributed by atoms with Crippen LogP contribution in [0.15, 0.2) is 0 Å². The minimum Gasteiger partial charge on any atom is -0.480 e. The summed E-state index contributed by atoms with van der Waals surface area (Å²) in [4.78, 5) is 36.5. The van der Waals surface area contributed by atoms with Crippen molar-refractivity contribution in [2.75, 3.05) is 32.8 Å². The van der Waals surface area contributed by atoms with Gasteiger partial charge in [-0.05, 0) is 0 Å². The Balaban J connectivity index is 2.56. The lowest BCUT2D eigenvalue weighted by atomic mass is 10.2. The van der Waals surface area contributed by atoms with Crippen LogP contribution in [0.2, 0.25) is 0 Å². The molecule has 1 aliphatic rings. The number of nitrogens with zero attached hydrogens (tertiary/aromatic N) is 2. The molecule has 0 aliphatic carbocycles. The first kappa shape index (κ1) is 15.4. The fraction of sp³-hybridized carbons (Fsp3) is 0.750. The summed E-state index contributed by atoms with van der Waals surface area (Å²) in [5, 5.41) is 8.74. The van der Waals surface area contributed by atoms with Crippen molar-refractivity contribution in [2.45, 2.75) is 26.4 Å². The summed E-state index contributed by atoms with van der Waals surface area (Å²) in [7, 11) is 0. The van der Waals surface area contributed by atoms with Crippen molar-refractivity contribution >= 4 is 17.8 Å². The molecule has 1 heterocycles. The molecule has 0 aromatic rings. The third kappa shape index (κ3) is 4.86. The first-order valence-corrected chi connectivity index (χ1v) is 6.30. The molecule has 1 N–H and O–H groups in total. The van der Waals surface area contributed by atoms with Gasteiger partial charge in [-0.1, -0.05) is 6.92 Å². The summed E-state index contributed by atoms with van der Waals surface area (Å²) in [5.74, 6) is -1.33. The van der Waals surface area contributed by atoms with Crippen molar-refractivity contribution in [3.63, 3.8) is 0 Å². The fourth-order valence-electron chi connectivity index (χ4n) is 1.99. The molecular weight excluding hydrogens is 252 g/mol. The smallest absolute Gasteiger partial charge is 0.323 e. The van der Waals surface area contributed by atoms with Gasteiger partial charge < -0.3 is 19.6 Å². The van der Waals surface area contributed by atoms with E-state index in [2.05, 4.69) is 0 Å². The van der Waals surface area contributed by atoms with Gasteiger partial charge >= 0.3 is 5.97 Å². The van der Waals surface area contributed by atoms with E-state index in [1.165, 1.54) is 11.8 Å². The van der Waals surface area contributed by atoms with E-state index in [0.717, 1.165) is 0 Å². The average Bonchev–Trinajstić information content (AvgIpc) is 2.36. The van der Waals surface area contributed by atoms with Gasteiger partial charge in [0.1, 0.15) is 6.54 Å². The highest BCUT2D eigenvalue weighted by molar-refractivity contribution is 5.79. The molecule has 108 valence electrons. The predicted octanol–water partition coefficient (Wildman–Crippen LogP) is -0.443. The molecule has 0 spiro atoms. The highest BCUT2D eigenvalue weighted by atomic mass is 16.5. The van der Waals surface area contributed by atoms with Crippen LogP contribution < -0.4 is 0 Å². The SMILES string of the molecule is CCC(=O)N1CCOC(CN(CC(=O)O)C(C)=O)C1. The van der Waals surface area contributed by atoms with Crippen LogP contribution in [0.3, 0.4) is 0 Å². The molecule has 0 aromatic carbocycles. The van der Waals surface area contributed by atoms with Crippen LogP contribution in [0.1, 0.15) is 20.3 Å². The minimum atomic E-state index is -1.06.